The number of hydrogen-bond donors (Lipinski definition) is 1. The van der Waals surface area contributed by atoms with Crippen LogP contribution in [0.5, 0.6) is 0 Å². The first kappa shape index (κ1) is 21.2. The molecule has 1 amide bonds. The lowest BCUT2D eigenvalue weighted by molar-refractivity contribution is -0.118. The van der Waals surface area contributed by atoms with Crippen LogP contribution in [-0.4, -0.2) is 68.5 Å². The highest BCUT2D eigenvalue weighted by atomic mass is 32.2. The van der Waals surface area contributed by atoms with Gasteiger partial charge in [-0.05, 0) is 44.9 Å². The summed E-state index contributed by atoms with van der Waals surface area (Å²) in [6, 6.07) is 7.25. The highest BCUT2D eigenvalue weighted by Crippen LogP contribution is 2.25. The van der Waals surface area contributed by atoms with Crippen LogP contribution in [0.3, 0.4) is 0 Å². The monoisotopic (exact) mass is 409 g/mol. The highest BCUT2D eigenvalue weighted by molar-refractivity contribution is 7.89. The Kier molecular flexibility index (Phi) is 7.09. The van der Waals surface area contributed by atoms with Crippen LogP contribution in [0.15, 0.2) is 29.2 Å². The fourth-order valence-electron chi connectivity index (χ4n) is 4.01. The summed E-state index contributed by atoms with van der Waals surface area (Å²) in [5.41, 5.74) is 0.509. The molecule has 1 saturated carbocycles. The van der Waals surface area contributed by atoms with E-state index in [1.54, 1.807) is 18.2 Å². The summed E-state index contributed by atoms with van der Waals surface area (Å²) >= 11 is 0. The van der Waals surface area contributed by atoms with Crippen LogP contribution < -0.4 is 5.32 Å². The third kappa shape index (κ3) is 5.11. The van der Waals surface area contributed by atoms with Crippen LogP contribution in [0.4, 0.5) is 5.69 Å². The van der Waals surface area contributed by atoms with Gasteiger partial charge in [0.1, 0.15) is 0 Å². The van der Waals surface area contributed by atoms with Gasteiger partial charge in [0.2, 0.25) is 15.9 Å². The maximum atomic E-state index is 12.8. The van der Waals surface area contributed by atoms with Crippen molar-refractivity contribution in [2.75, 3.05) is 38.2 Å². The fraction of sp³-hybridized carbons (Fsp3) is 0.650. The molecule has 8 heteroatoms. The first-order chi connectivity index (χ1) is 13.4. The number of amides is 1. The van der Waals surface area contributed by atoms with Crippen molar-refractivity contribution in [1.82, 2.24) is 9.21 Å². The average molecular weight is 410 g/mol. The summed E-state index contributed by atoms with van der Waals surface area (Å²) in [6.45, 7) is 6.06. The highest BCUT2D eigenvalue weighted by Gasteiger charge is 2.28. The molecule has 3 rings (SSSR count). The molecule has 1 aromatic carbocycles. The van der Waals surface area contributed by atoms with E-state index in [2.05, 4.69) is 24.1 Å². The number of rotatable bonds is 7. The standard InChI is InChI=1S/C20H31N3O4S/c1-16(2)23(18-7-3-4-8-18)15-20(24)21-17-6-5-9-19(14-17)28(25,26)22-10-12-27-13-11-22/h5-6,9,14,16,18H,3-4,7-8,10-13,15H2,1-2H3,(H,21,24). The molecule has 1 aromatic rings. The Bertz CT molecular complexity index is 769. The minimum atomic E-state index is -3.58. The minimum Gasteiger partial charge on any atom is -0.379 e. The zero-order valence-electron chi connectivity index (χ0n) is 16.8. The molecule has 0 bridgehead atoms. The third-order valence-corrected chi connectivity index (χ3v) is 7.40. The number of benzene rings is 1. The van der Waals surface area contributed by atoms with Gasteiger partial charge >= 0.3 is 0 Å². The van der Waals surface area contributed by atoms with E-state index in [1.165, 1.54) is 23.2 Å². The molecular formula is C20H31N3O4S. The lowest BCUT2D eigenvalue weighted by Crippen LogP contribution is -2.43. The Labute approximate surface area is 168 Å². The molecule has 1 saturated heterocycles. The predicted molar refractivity (Wildman–Crippen MR) is 109 cm³/mol. The van der Waals surface area contributed by atoms with Gasteiger partial charge in [-0.25, -0.2) is 8.42 Å². The van der Waals surface area contributed by atoms with E-state index in [-0.39, 0.29) is 10.8 Å². The second kappa shape index (κ2) is 9.35. The second-order valence-corrected chi connectivity index (χ2v) is 9.73. The Morgan fingerprint density at radius 1 is 1.25 bits per heavy atom. The molecule has 1 aliphatic carbocycles. The van der Waals surface area contributed by atoms with Crippen molar-refractivity contribution in [3.05, 3.63) is 24.3 Å². The molecule has 0 radical (unpaired) electrons. The van der Waals surface area contributed by atoms with Gasteiger partial charge in [-0.1, -0.05) is 18.9 Å². The van der Waals surface area contributed by atoms with Crippen molar-refractivity contribution >= 4 is 21.6 Å². The van der Waals surface area contributed by atoms with Crippen molar-refractivity contribution in [2.24, 2.45) is 0 Å². The summed E-state index contributed by atoms with van der Waals surface area (Å²) < 4.78 is 32.3. The van der Waals surface area contributed by atoms with Crippen molar-refractivity contribution < 1.29 is 17.9 Å². The van der Waals surface area contributed by atoms with E-state index in [9.17, 15) is 13.2 Å². The van der Waals surface area contributed by atoms with E-state index in [0.717, 1.165) is 12.8 Å². The van der Waals surface area contributed by atoms with E-state index >= 15 is 0 Å². The summed E-state index contributed by atoms with van der Waals surface area (Å²) in [5, 5.41) is 2.88. The lowest BCUT2D eigenvalue weighted by Gasteiger charge is -2.31. The SMILES string of the molecule is CC(C)N(CC(=O)Nc1cccc(S(=O)(=O)N2CCOCC2)c1)C1CCCC1. The number of anilines is 1. The molecule has 1 heterocycles. The number of hydrogen-bond acceptors (Lipinski definition) is 5. The zero-order chi connectivity index (χ0) is 20.1. The topological polar surface area (TPSA) is 79.0 Å². The first-order valence-corrected chi connectivity index (χ1v) is 11.6. The van der Waals surface area contributed by atoms with Gasteiger partial charge in [0.15, 0.2) is 0 Å². The number of sulfonamides is 1. The molecule has 0 aromatic heterocycles. The number of carbonyl (C=O) groups is 1. The molecule has 0 spiro atoms. The molecule has 156 valence electrons. The number of ether oxygens (including phenoxy) is 1. The summed E-state index contributed by atoms with van der Waals surface area (Å²) in [7, 11) is -3.58. The minimum absolute atomic E-state index is 0.110. The molecule has 2 aliphatic rings. The first-order valence-electron chi connectivity index (χ1n) is 10.1. The lowest BCUT2D eigenvalue weighted by atomic mass is 10.1. The number of carbonyl (C=O) groups excluding carboxylic acids is 1. The van der Waals surface area contributed by atoms with Crippen LogP contribution in [-0.2, 0) is 19.6 Å². The fourth-order valence-corrected chi connectivity index (χ4v) is 5.46. The summed E-state index contributed by atoms with van der Waals surface area (Å²) in [6.07, 6.45) is 4.71. The van der Waals surface area contributed by atoms with Crippen molar-refractivity contribution in [3.8, 4) is 0 Å². The molecule has 7 nitrogen and oxygen atoms in total. The molecule has 1 N–H and O–H groups in total. The Morgan fingerprint density at radius 2 is 1.93 bits per heavy atom. The number of nitrogens with zero attached hydrogens (tertiary/aromatic N) is 2. The Balaban J connectivity index is 1.67. The predicted octanol–water partition coefficient (Wildman–Crippen LogP) is 2.30. The van der Waals surface area contributed by atoms with Gasteiger partial charge < -0.3 is 10.1 Å². The smallest absolute Gasteiger partial charge is 0.243 e. The van der Waals surface area contributed by atoms with Gasteiger partial charge in [0.25, 0.3) is 0 Å². The quantitative estimate of drug-likeness (QED) is 0.748. The van der Waals surface area contributed by atoms with Crippen LogP contribution in [0.2, 0.25) is 0 Å². The van der Waals surface area contributed by atoms with Crippen LogP contribution in [0, 0.1) is 0 Å². The molecule has 0 atom stereocenters. The van der Waals surface area contributed by atoms with Crippen LogP contribution >= 0.6 is 0 Å². The molecule has 0 unspecified atom stereocenters. The van der Waals surface area contributed by atoms with E-state index in [4.69, 9.17) is 4.74 Å². The maximum Gasteiger partial charge on any atom is 0.243 e. The normalized spacial score (nSPS) is 19.4. The van der Waals surface area contributed by atoms with E-state index in [1.807, 2.05) is 0 Å². The third-order valence-electron chi connectivity index (χ3n) is 5.51. The summed E-state index contributed by atoms with van der Waals surface area (Å²) in [4.78, 5) is 15.1. The molecule has 2 fully saturated rings. The van der Waals surface area contributed by atoms with Gasteiger partial charge in [0.05, 0.1) is 24.7 Å². The Hall–Kier alpha value is -1.48. The van der Waals surface area contributed by atoms with Crippen molar-refractivity contribution in [1.29, 1.82) is 0 Å². The molecule has 1 aliphatic heterocycles. The van der Waals surface area contributed by atoms with Gasteiger partial charge in [-0.2, -0.15) is 4.31 Å². The van der Waals surface area contributed by atoms with Gasteiger partial charge in [-0.3, -0.25) is 9.69 Å². The van der Waals surface area contributed by atoms with Crippen molar-refractivity contribution in [3.63, 3.8) is 0 Å². The van der Waals surface area contributed by atoms with Crippen LogP contribution in [0.1, 0.15) is 39.5 Å². The average Bonchev–Trinajstić information content (AvgIpc) is 3.21. The Morgan fingerprint density at radius 3 is 2.57 bits per heavy atom. The molecule has 28 heavy (non-hydrogen) atoms. The number of nitrogens with one attached hydrogen (secondary N) is 1. The number of morpholine rings is 1. The zero-order valence-corrected chi connectivity index (χ0v) is 17.6. The largest absolute Gasteiger partial charge is 0.379 e. The van der Waals surface area contributed by atoms with E-state index in [0.29, 0.717) is 50.6 Å². The van der Waals surface area contributed by atoms with Gasteiger partial charge in [0, 0.05) is 30.9 Å². The summed E-state index contributed by atoms with van der Waals surface area (Å²) in [5.74, 6) is -0.110. The van der Waals surface area contributed by atoms with Crippen molar-refractivity contribution in [2.45, 2.75) is 56.5 Å². The second-order valence-electron chi connectivity index (χ2n) is 7.80. The van der Waals surface area contributed by atoms with Gasteiger partial charge in [-0.15, -0.1) is 0 Å². The van der Waals surface area contributed by atoms with Crippen LogP contribution in [0.25, 0.3) is 0 Å². The van der Waals surface area contributed by atoms with E-state index < -0.39 is 10.0 Å². The molecular weight excluding hydrogens is 378 g/mol. The maximum absolute atomic E-state index is 12.8.